The highest BCUT2D eigenvalue weighted by Crippen LogP contribution is 2.21. The molecule has 1 saturated carbocycles. The van der Waals surface area contributed by atoms with Crippen LogP contribution < -0.4 is 10.0 Å². The Kier molecular flexibility index (Phi) is 8.26. The molecule has 2 N–H and O–H groups in total. The van der Waals surface area contributed by atoms with E-state index in [-0.39, 0.29) is 16.8 Å². The van der Waals surface area contributed by atoms with Crippen LogP contribution in [0.15, 0.2) is 29.2 Å². The molecule has 0 spiro atoms. The van der Waals surface area contributed by atoms with E-state index in [4.69, 9.17) is 0 Å². The van der Waals surface area contributed by atoms with Gasteiger partial charge in [0.05, 0.1) is 4.90 Å². The molecular weight excluding hydrogens is 362 g/mol. The summed E-state index contributed by atoms with van der Waals surface area (Å²) in [5.74, 6) is -0.239. The Morgan fingerprint density at radius 1 is 1.22 bits per heavy atom. The van der Waals surface area contributed by atoms with E-state index in [1.165, 1.54) is 44.2 Å². The van der Waals surface area contributed by atoms with Gasteiger partial charge in [0, 0.05) is 24.2 Å². The third-order valence-corrected chi connectivity index (χ3v) is 6.62. The fourth-order valence-electron chi connectivity index (χ4n) is 3.52. The van der Waals surface area contributed by atoms with E-state index in [0.29, 0.717) is 18.2 Å². The minimum Gasteiger partial charge on any atom is -0.352 e. The molecule has 1 aromatic rings. The molecule has 27 heavy (non-hydrogen) atoms. The molecule has 1 aromatic carbocycles. The van der Waals surface area contributed by atoms with Gasteiger partial charge in [0.15, 0.2) is 0 Å². The lowest BCUT2D eigenvalue weighted by atomic mass is 9.94. The highest BCUT2D eigenvalue weighted by atomic mass is 32.2. The number of hydrogen-bond donors (Lipinski definition) is 2. The third-order valence-electron chi connectivity index (χ3n) is 4.97. The van der Waals surface area contributed by atoms with E-state index in [9.17, 15) is 13.2 Å². The molecule has 0 atom stereocenters. The molecule has 0 aliphatic heterocycles. The van der Waals surface area contributed by atoms with Gasteiger partial charge in [0.25, 0.3) is 5.91 Å². The normalized spacial score (nSPS) is 16.0. The van der Waals surface area contributed by atoms with Crippen molar-refractivity contribution in [1.82, 2.24) is 14.9 Å². The van der Waals surface area contributed by atoms with Crippen molar-refractivity contribution in [3.05, 3.63) is 29.8 Å². The summed E-state index contributed by atoms with van der Waals surface area (Å²) >= 11 is 0. The molecular formula is C20H33N3O3S. The van der Waals surface area contributed by atoms with Gasteiger partial charge in [-0.1, -0.05) is 25.3 Å². The van der Waals surface area contributed by atoms with E-state index in [1.54, 1.807) is 26.0 Å². The summed E-state index contributed by atoms with van der Waals surface area (Å²) < 4.78 is 27.0. The van der Waals surface area contributed by atoms with Gasteiger partial charge in [-0.15, -0.1) is 0 Å². The summed E-state index contributed by atoms with van der Waals surface area (Å²) in [6.07, 6.45) is 7.41. The van der Waals surface area contributed by atoms with E-state index < -0.39 is 10.0 Å². The second kappa shape index (κ2) is 10.2. The predicted octanol–water partition coefficient (Wildman–Crippen LogP) is 2.76. The topological polar surface area (TPSA) is 78.5 Å². The largest absolute Gasteiger partial charge is 0.352 e. The van der Waals surface area contributed by atoms with Crippen LogP contribution in [0.2, 0.25) is 0 Å². The number of nitrogens with one attached hydrogen (secondary N) is 2. The minimum absolute atomic E-state index is 0.112. The summed E-state index contributed by atoms with van der Waals surface area (Å²) in [5, 5.41) is 2.90. The first kappa shape index (κ1) is 21.9. The Balaban J connectivity index is 1.83. The van der Waals surface area contributed by atoms with Crippen LogP contribution in [0.1, 0.15) is 62.7 Å². The molecule has 0 saturated heterocycles. The van der Waals surface area contributed by atoms with Crippen molar-refractivity contribution in [3.63, 3.8) is 0 Å². The summed E-state index contributed by atoms with van der Waals surface area (Å²) in [4.78, 5) is 14.9. The minimum atomic E-state index is -3.60. The lowest BCUT2D eigenvalue weighted by Crippen LogP contribution is -2.35. The van der Waals surface area contributed by atoms with Gasteiger partial charge in [-0.25, -0.2) is 13.1 Å². The number of amides is 1. The molecule has 7 heteroatoms. The fraction of sp³-hybridized carbons (Fsp3) is 0.650. The summed E-state index contributed by atoms with van der Waals surface area (Å²) in [5.41, 5.74) is 0.363. The first-order valence-electron chi connectivity index (χ1n) is 9.90. The second-order valence-electron chi connectivity index (χ2n) is 7.69. The molecule has 1 aliphatic carbocycles. The maximum atomic E-state index is 12.4. The standard InChI is InChI=1S/C20H33N3O3S/c1-16(2)22-27(25,26)19-12-7-9-17(15-19)20(24)21-13-8-14-23(3)18-10-5-4-6-11-18/h7,9,12,15-16,18,22H,4-6,8,10-11,13-14H2,1-3H3,(H,21,24). The van der Waals surface area contributed by atoms with Gasteiger partial charge < -0.3 is 10.2 Å². The van der Waals surface area contributed by atoms with Crippen LogP contribution in [0.4, 0.5) is 0 Å². The molecule has 0 aromatic heterocycles. The van der Waals surface area contributed by atoms with Crippen LogP contribution in [0, 0.1) is 0 Å². The van der Waals surface area contributed by atoms with Crippen LogP contribution in [0.5, 0.6) is 0 Å². The van der Waals surface area contributed by atoms with Crippen molar-refractivity contribution in [2.24, 2.45) is 0 Å². The lowest BCUT2D eigenvalue weighted by molar-refractivity contribution is 0.0950. The van der Waals surface area contributed by atoms with E-state index in [1.807, 2.05) is 0 Å². The van der Waals surface area contributed by atoms with Crippen molar-refractivity contribution < 1.29 is 13.2 Å². The SMILES string of the molecule is CC(C)NS(=O)(=O)c1cccc(C(=O)NCCCN(C)C2CCCCC2)c1. The van der Waals surface area contributed by atoms with Gasteiger partial charge in [0.1, 0.15) is 0 Å². The zero-order valence-corrected chi connectivity index (χ0v) is 17.5. The number of hydrogen-bond acceptors (Lipinski definition) is 4. The van der Waals surface area contributed by atoms with E-state index >= 15 is 0 Å². The van der Waals surface area contributed by atoms with Crippen LogP contribution in [0.3, 0.4) is 0 Å². The Morgan fingerprint density at radius 2 is 1.93 bits per heavy atom. The number of carbonyl (C=O) groups excluding carboxylic acids is 1. The van der Waals surface area contributed by atoms with Crippen LogP contribution >= 0.6 is 0 Å². The zero-order valence-electron chi connectivity index (χ0n) is 16.7. The zero-order chi connectivity index (χ0) is 19.9. The maximum Gasteiger partial charge on any atom is 0.251 e. The fourth-order valence-corrected chi connectivity index (χ4v) is 4.82. The molecule has 1 aliphatic rings. The van der Waals surface area contributed by atoms with Crippen molar-refractivity contribution in [3.8, 4) is 0 Å². The molecule has 1 amide bonds. The van der Waals surface area contributed by atoms with Gasteiger partial charge in [-0.3, -0.25) is 4.79 Å². The quantitative estimate of drug-likeness (QED) is 0.630. The number of sulfonamides is 1. The molecule has 0 bridgehead atoms. The Bertz CT molecular complexity index is 713. The highest BCUT2D eigenvalue weighted by Gasteiger charge is 2.18. The molecule has 0 heterocycles. The Labute approximate surface area is 163 Å². The van der Waals surface area contributed by atoms with Crippen LogP contribution in [0.25, 0.3) is 0 Å². The van der Waals surface area contributed by atoms with Crippen molar-refractivity contribution in [2.75, 3.05) is 20.1 Å². The monoisotopic (exact) mass is 395 g/mol. The number of nitrogens with zero attached hydrogens (tertiary/aromatic N) is 1. The average molecular weight is 396 g/mol. The van der Waals surface area contributed by atoms with Crippen molar-refractivity contribution in [2.45, 2.75) is 69.4 Å². The first-order chi connectivity index (χ1) is 12.8. The van der Waals surface area contributed by atoms with E-state index in [0.717, 1.165) is 13.0 Å². The van der Waals surface area contributed by atoms with Gasteiger partial charge in [-0.2, -0.15) is 0 Å². The second-order valence-corrected chi connectivity index (χ2v) is 9.40. The first-order valence-corrected chi connectivity index (χ1v) is 11.4. The molecule has 152 valence electrons. The molecule has 1 fully saturated rings. The molecule has 2 rings (SSSR count). The molecule has 0 radical (unpaired) electrons. The highest BCUT2D eigenvalue weighted by molar-refractivity contribution is 7.89. The van der Waals surface area contributed by atoms with E-state index in [2.05, 4.69) is 22.0 Å². The van der Waals surface area contributed by atoms with Gasteiger partial charge in [-0.05, 0) is 64.9 Å². The molecule has 0 unspecified atom stereocenters. The van der Waals surface area contributed by atoms with Gasteiger partial charge in [0.2, 0.25) is 10.0 Å². The number of carbonyl (C=O) groups is 1. The summed E-state index contributed by atoms with van der Waals surface area (Å²) in [6, 6.07) is 6.63. The summed E-state index contributed by atoms with van der Waals surface area (Å²) in [6.45, 7) is 5.06. The van der Waals surface area contributed by atoms with Crippen LogP contribution in [-0.4, -0.2) is 51.4 Å². The van der Waals surface area contributed by atoms with Crippen molar-refractivity contribution in [1.29, 1.82) is 0 Å². The van der Waals surface area contributed by atoms with Gasteiger partial charge >= 0.3 is 0 Å². The Morgan fingerprint density at radius 3 is 2.59 bits per heavy atom. The maximum absolute atomic E-state index is 12.4. The van der Waals surface area contributed by atoms with Crippen molar-refractivity contribution >= 4 is 15.9 Å². The smallest absolute Gasteiger partial charge is 0.251 e. The summed E-state index contributed by atoms with van der Waals surface area (Å²) in [7, 11) is -1.44. The number of rotatable bonds is 9. The average Bonchev–Trinajstić information content (AvgIpc) is 2.64. The number of benzene rings is 1. The van der Waals surface area contributed by atoms with Crippen LogP contribution in [-0.2, 0) is 10.0 Å². The lowest BCUT2D eigenvalue weighted by Gasteiger charge is -2.31. The third kappa shape index (κ3) is 6.90. The Hall–Kier alpha value is -1.44. The molecule has 6 nitrogen and oxygen atoms in total. The predicted molar refractivity (Wildman–Crippen MR) is 108 cm³/mol.